The Morgan fingerprint density at radius 2 is 1.91 bits per heavy atom. The zero-order chi connectivity index (χ0) is 23.6. The van der Waals surface area contributed by atoms with Crippen molar-refractivity contribution in [2.24, 2.45) is 0 Å². The van der Waals surface area contributed by atoms with E-state index in [0.717, 1.165) is 16.6 Å². The average molecular weight is 458 g/mol. The van der Waals surface area contributed by atoms with E-state index in [1.807, 2.05) is 10.6 Å². The molecule has 1 N–H and O–H groups in total. The van der Waals surface area contributed by atoms with Crippen molar-refractivity contribution in [1.29, 1.82) is 0 Å². The number of aliphatic hydroxyl groups excluding tert-OH is 1. The zero-order valence-corrected chi connectivity index (χ0v) is 18.5. The number of rotatable bonds is 5. The van der Waals surface area contributed by atoms with Gasteiger partial charge in [0.2, 0.25) is 5.88 Å². The highest BCUT2D eigenvalue weighted by Crippen LogP contribution is 2.52. The van der Waals surface area contributed by atoms with Gasteiger partial charge in [-0.05, 0) is 36.6 Å². The topological polar surface area (TPSA) is 82.8 Å². The van der Waals surface area contributed by atoms with Crippen LogP contribution in [0.1, 0.15) is 44.9 Å². The predicted octanol–water partition coefficient (Wildman–Crippen LogP) is 4.28. The van der Waals surface area contributed by atoms with Crippen molar-refractivity contribution >= 4 is 16.9 Å². The number of aliphatic hydroxyl groups is 1. The maximum atomic E-state index is 13.3. The number of pyridine rings is 1. The number of hydrogen-bond acceptors (Lipinski definition) is 6. The number of carbonyl (C=O) groups is 1. The first-order valence-corrected chi connectivity index (χ1v) is 10.8. The van der Waals surface area contributed by atoms with Crippen LogP contribution in [-0.2, 0) is 22.2 Å². The van der Waals surface area contributed by atoms with Crippen molar-refractivity contribution in [2.75, 3.05) is 6.61 Å². The molecule has 33 heavy (non-hydrogen) atoms. The maximum absolute atomic E-state index is 13.3. The molecule has 3 aromatic rings. The van der Waals surface area contributed by atoms with Gasteiger partial charge in [-0.25, -0.2) is 4.98 Å². The average Bonchev–Trinajstić information content (AvgIpc) is 3.37. The number of hydrogen-bond donors (Lipinski definition) is 1. The molecule has 0 bridgehead atoms. The molecule has 0 amide bonds. The minimum atomic E-state index is -3.71. The van der Waals surface area contributed by atoms with Gasteiger partial charge in [0.05, 0.1) is 23.7 Å². The van der Waals surface area contributed by atoms with Crippen LogP contribution in [0.25, 0.3) is 10.9 Å². The van der Waals surface area contributed by atoms with Gasteiger partial charge < -0.3 is 23.9 Å². The molecular formula is C24H24F2N2O5. The monoisotopic (exact) mass is 458 g/mol. The van der Waals surface area contributed by atoms with Gasteiger partial charge in [0.25, 0.3) is 0 Å². The van der Waals surface area contributed by atoms with Crippen LogP contribution < -0.4 is 14.2 Å². The molecule has 1 fully saturated rings. The lowest BCUT2D eigenvalue weighted by molar-refractivity contribution is -0.286. The van der Waals surface area contributed by atoms with Crippen LogP contribution in [0.4, 0.5) is 8.78 Å². The second-order valence-corrected chi connectivity index (χ2v) is 9.54. The molecule has 0 saturated heterocycles. The fraction of sp³-hybridized carbons (Fsp3) is 0.417. The van der Waals surface area contributed by atoms with Crippen molar-refractivity contribution in [3.8, 4) is 17.4 Å². The van der Waals surface area contributed by atoms with Gasteiger partial charge in [-0.2, -0.15) is 0 Å². The molecule has 5 rings (SSSR count). The van der Waals surface area contributed by atoms with Crippen molar-refractivity contribution in [3.63, 3.8) is 0 Å². The predicted molar refractivity (Wildman–Crippen MR) is 115 cm³/mol. The SMILES string of the molecule is CC(C)(C)c1cc2cc(OC(=O)C3(c4ccc5c(c4)OC(F)(F)O5)CC3)ncc2n1CCO. The molecule has 0 radical (unpaired) electrons. The molecule has 2 aromatic heterocycles. The van der Waals surface area contributed by atoms with Crippen LogP contribution in [0.2, 0.25) is 0 Å². The normalized spacial score (nSPS) is 17.9. The number of halogens is 2. The summed E-state index contributed by atoms with van der Waals surface area (Å²) in [7, 11) is 0. The number of fused-ring (bicyclic) bond motifs is 2. The first-order chi connectivity index (χ1) is 15.5. The summed E-state index contributed by atoms with van der Waals surface area (Å²) >= 11 is 0. The number of aromatic nitrogens is 2. The van der Waals surface area contributed by atoms with Gasteiger partial charge in [0, 0.05) is 29.1 Å². The molecule has 174 valence electrons. The van der Waals surface area contributed by atoms with E-state index >= 15 is 0 Å². The van der Waals surface area contributed by atoms with E-state index in [1.165, 1.54) is 12.1 Å². The van der Waals surface area contributed by atoms with Crippen molar-refractivity contribution in [1.82, 2.24) is 9.55 Å². The first kappa shape index (κ1) is 21.6. The fourth-order valence-corrected chi connectivity index (χ4v) is 4.33. The van der Waals surface area contributed by atoms with Crippen LogP contribution in [0.3, 0.4) is 0 Å². The summed E-state index contributed by atoms with van der Waals surface area (Å²) < 4.78 is 43.3. The molecule has 0 spiro atoms. The van der Waals surface area contributed by atoms with E-state index in [-0.39, 0.29) is 29.4 Å². The third kappa shape index (κ3) is 3.70. The van der Waals surface area contributed by atoms with Crippen LogP contribution in [0.15, 0.2) is 36.5 Å². The van der Waals surface area contributed by atoms with Crippen LogP contribution >= 0.6 is 0 Å². The van der Waals surface area contributed by atoms with Gasteiger partial charge in [-0.1, -0.05) is 26.8 Å². The van der Waals surface area contributed by atoms with Gasteiger partial charge in [0.1, 0.15) is 0 Å². The lowest BCUT2D eigenvalue weighted by atomic mass is 9.92. The fourth-order valence-electron chi connectivity index (χ4n) is 4.33. The Morgan fingerprint density at radius 3 is 2.58 bits per heavy atom. The van der Waals surface area contributed by atoms with Gasteiger partial charge >= 0.3 is 12.3 Å². The molecule has 1 aliphatic carbocycles. The van der Waals surface area contributed by atoms with E-state index < -0.39 is 17.7 Å². The largest absolute Gasteiger partial charge is 0.586 e. The Morgan fingerprint density at radius 1 is 1.18 bits per heavy atom. The highest BCUT2D eigenvalue weighted by atomic mass is 19.3. The zero-order valence-electron chi connectivity index (χ0n) is 18.5. The number of esters is 1. The molecule has 0 unspecified atom stereocenters. The first-order valence-electron chi connectivity index (χ1n) is 10.8. The Balaban J connectivity index is 1.42. The summed E-state index contributed by atoms with van der Waals surface area (Å²) in [6.07, 6.45) is -1.02. The van der Waals surface area contributed by atoms with E-state index in [4.69, 9.17) is 4.74 Å². The summed E-state index contributed by atoms with van der Waals surface area (Å²) in [6.45, 7) is 6.68. The third-order valence-electron chi connectivity index (χ3n) is 6.15. The lowest BCUT2D eigenvalue weighted by Crippen LogP contribution is -2.26. The standard InChI is InChI=1S/C24H24F2N2O5/c1-22(2,3)19-10-14-11-20(27-13-16(14)28(19)8-9-29)31-21(30)23(6-7-23)15-4-5-17-18(12-15)33-24(25,26)32-17/h4-5,10-13,29H,6-9H2,1-3H3. The molecule has 7 nitrogen and oxygen atoms in total. The van der Waals surface area contributed by atoms with Crippen molar-refractivity contribution in [2.45, 2.75) is 57.3 Å². The molecule has 2 aliphatic rings. The van der Waals surface area contributed by atoms with Crippen LogP contribution in [0, 0.1) is 0 Å². The molecule has 3 heterocycles. The Kier molecular flexibility index (Phi) is 4.69. The summed E-state index contributed by atoms with van der Waals surface area (Å²) in [5.41, 5.74) is 1.34. The van der Waals surface area contributed by atoms with E-state index in [2.05, 4.69) is 35.2 Å². The molecule has 0 atom stereocenters. The second-order valence-electron chi connectivity index (χ2n) is 9.54. The number of ether oxygens (including phenoxy) is 3. The maximum Gasteiger partial charge on any atom is 0.586 e. The Hall–Kier alpha value is -3.20. The second kappa shape index (κ2) is 7.15. The van der Waals surface area contributed by atoms with E-state index in [1.54, 1.807) is 18.3 Å². The summed E-state index contributed by atoms with van der Waals surface area (Å²) in [6, 6.07) is 8.08. The van der Waals surface area contributed by atoms with Crippen molar-refractivity contribution in [3.05, 3.63) is 47.8 Å². The summed E-state index contributed by atoms with van der Waals surface area (Å²) in [4.78, 5) is 17.4. The quantitative estimate of drug-likeness (QED) is 0.575. The highest BCUT2D eigenvalue weighted by Gasteiger charge is 2.54. The molecule has 1 aliphatic heterocycles. The molecule has 9 heteroatoms. The van der Waals surface area contributed by atoms with Gasteiger partial charge in [-0.15, -0.1) is 8.78 Å². The number of nitrogens with zero attached hydrogens (tertiary/aromatic N) is 2. The van der Waals surface area contributed by atoms with Gasteiger partial charge in [-0.3, -0.25) is 4.79 Å². The Bertz CT molecular complexity index is 1260. The van der Waals surface area contributed by atoms with Crippen LogP contribution in [0.5, 0.6) is 17.4 Å². The molecule has 1 aromatic carbocycles. The van der Waals surface area contributed by atoms with Crippen LogP contribution in [-0.4, -0.2) is 33.5 Å². The number of alkyl halides is 2. The number of carbonyl (C=O) groups excluding carboxylic acids is 1. The van der Waals surface area contributed by atoms with E-state index in [0.29, 0.717) is 24.9 Å². The third-order valence-corrected chi connectivity index (χ3v) is 6.15. The minimum absolute atomic E-state index is 0.00637. The Labute approximate surface area is 188 Å². The number of benzene rings is 1. The minimum Gasteiger partial charge on any atom is -0.407 e. The molecular weight excluding hydrogens is 434 g/mol. The summed E-state index contributed by atoms with van der Waals surface area (Å²) in [5, 5.41) is 10.3. The molecule has 1 saturated carbocycles. The van der Waals surface area contributed by atoms with Crippen molar-refractivity contribution < 1.29 is 32.9 Å². The van der Waals surface area contributed by atoms with E-state index in [9.17, 15) is 18.7 Å². The highest BCUT2D eigenvalue weighted by molar-refractivity contribution is 5.89. The lowest BCUT2D eigenvalue weighted by Gasteiger charge is -2.21. The van der Waals surface area contributed by atoms with Gasteiger partial charge in [0.15, 0.2) is 11.5 Å². The smallest absolute Gasteiger partial charge is 0.407 e. The summed E-state index contributed by atoms with van der Waals surface area (Å²) in [5.74, 6) is -0.503.